The van der Waals surface area contributed by atoms with Crippen molar-refractivity contribution in [2.75, 3.05) is 11.1 Å². The van der Waals surface area contributed by atoms with Gasteiger partial charge >= 0.3 is 0 Å². The van der Waals surface area contributed by atoms with Crippen molar-refractivity contribution in [3.05, 3.63) is 71.2 Å². The fourth-order valence-electron chi connectivity index (χ4n) is 2.72. The Bertz CT molecular complexity index is 981. The lowest BCUT2D eigenvalue weighted by Crippen LogP contribution is -2.14. The maximum atomic E-state index is 12.3. The van der Waals surface area contributed by atoms with Crippen LogP contribution in [0.5, 0.6) is 0 Å². The topological polar surface area (TPSA) is 59.8 Å². The summed E-state index contributed by atoms with van der Waals surface area (Å²) >= 11 is 4.76. The van der Waals surface area contributed by atoms with Crippen LogP contribution in [0.15, 0.2) is 70.8 Å². The summed E-state index contributed by atoms with van der Waals surface area (Å²) in [4.78, 5) is 16.9. The fraction of sp³-hybridized carbons (Fsp3) is 0.227. The molecule has 0 atom stereocenters. The Morgan fingerprint density at radius 1 is 1.21 bits per heavy atom. The highest BCUT2D eigenvalue weighted by atomic mass is 79.9. The maximum Gasteiger partial charge on any atom is 0.234 e. The van der Waals surface area contributed by atoms with E-state index in [-0.39, 0.29) is 11.7 Å². The average Bonchev–Trinajstić information content (AvgIpc) is 3.10. The van der Waals surface area contributed by atoms with Gasteiger partial charge in [-0.15, -0.1) is 11.7 Å². The molecule has 0 fully saturated rings. The molecule has 0 radical (unpaired) electrons. The second kappa shape index (κ2) is 9.89. The average molecular weight is 471 g/mol. The van der Waals surface area contributed by atoms with Crippen molar-refractivity contribution in [2.45, 2.75) is 31.5 Å². The van der Waals surface area contributed by atoms with Gasteiger partial charge in [0.25, 0.3) is 0 Å². The van der Waals surface area contributed by atoms with Crippen LogP contribution in [-0.4, -0.2) is 26.4 Å². The van der Waals surface area contributed by atoms with E-state index >= 15 is 0 Å². The molecule has 0 aliphatic rings. The first-order valence-corrected chi connectivity index (χ1v) is 11.1. The number of nitrogens with one attached hydrogen (secondary N) is 1. The SMILES string of the molecule is C=CCn1nc(SCC(=O)Nc2ccc(C(C)C)cc2)nc1-c1ccc(Br)cc1. The number of aromatic nitrogens is 3. The van der Waals surface area contributed by atoms with Crippen molar-refractivity contribution in [3.8, 4) is 11.4 Å². The highest BCUT2D eigenvalue weighted by Gasteiger charge is 2.13. The summed E-state index contributed by atoms with van der Waals surface area (Å²) < 4.78 is 2.80. The molecule has 1 amide bonds. The van der Waals surface area contributed by atoms with Crippen molar-refractivity contribution in [1.82, 2.24) is 14.8 Å². The second-order valence-electron chi connectivity index (χ2n) is 6.81. The van der Waals surface area contributed by atoms with E-state index in [0.717, 1.165) is 21.5 Å². The van der Waals surface area contributed by atoms with Crippen LogP contribution in [0.4, 0.5) is 5.69 Å². The summed E-state index contributed by atoms with van der Waals surface area (Å²) in [5.74, 6) is 1.37. The number of thioether (sulfide) groups is 1. The Labute approximate surface area is 183 Å². The molecule has 1 N–H and O–H groups in total. The highest BCUT2D eigenvalue weighted by Crippen LogP contribution is 2.24. The predicted octanol–water partition coefficient (Wildman–Crippen LogP) is 5.75. The first-order valence-electron chi connectivity index (χ1n) is 9.30. The lowest BCUT2D eigenvalue weighted by atomic mass is 10.0. The molecule has 0 spiro atoms. The van der Waals surface area contributed by atoms with Gasteiger partial charge in [0.05, 0.1) is 12.3 Å². The van der Waals surface area contributed by atoms with Crippen LogP contribution in [0.1, 0.15) is 25.3 Å². The lowest BCUT2D eigenvalue weighted by molar-refractivity contribution is -0.113. The molecule has 0 aliphatic carbocycles. The molecule has 5 nitrogen and oxygen atoms in total. The first kappa shape index (κ1) is 21.3. The molecule has 1 heterocycles. The highest BCUT2D eigenvalue weighted by molar-refractivity contribution is 9.10. The Hall–Kier alpha value is -2.38. The minimum atomic E-state index is -0.0856. The molecule has 0 saturated heterocycles. The van der Waals surface area contributed by atoms with E-state index in [1.165, 1.54) is 17.3 Å². The maximum absolute atomic E-state index is 12.3. The van der Waals surface area contributed by atoms with Crippen molar-refractivity contribution in [1.29, 1.82) is 0 Å². The molecule has 0 bridgehead atoms. The molecule has 7 heteroatoms. The van der Waals surface area contributed by atoms with Crippen molar-refractivity contribution >= 4 is 39.3 Å². The quantitative estimate of drug-likeness (QED) is 0.336. The number of benzene rings is 2. The Balaban J connectivity index is 1.65. The predicted molar refractivity (Wildman–Crippen MR) is 123 cm³/mol. The standard InChI is InChI=1S/C22H23BrN4OS/c1-4-13-27-21(17-5-9-18(23)10-6-17)25-22(26-27)29-14-20(28)24-19-11-7-16(8-12-19)15(2)3/h4-12,15H,1,13-14H2,2-3H3,(H,24,28). The summed E-state index contributed by atoms with van der Waals surface area (Å²) in [7, 11) is 0. The van der Waals surface area contributed by atoms with Crippen LogP contribution in [0.25, 0.3) is 11.4 Å². The summed E-state index contributed by atoms with van der Waals surface area (Å²) in [6, 6.07) is 15.8. The monoisotopic (exact) mass is 470 g/mol. The third-order valence-electron chi connectivity index (χ3n) is 4.25. The van der Waals surface area contributed by atoms with Gasteiger partial charge in [-0.05, 0) is 35.7 Å². The van der Waals surface area contributed by atoms with Gasteiger partial charge in [0.2, 0.25) is 11.1 Å². The van der Waals surface area contributed by atoms with Gasteiger partial charge in [0.1, 0.15) is 0 Å². The number of rotatable bonds is 8. The number of hydrogen-bond donors (Lipinski definition) is 1. The minimum absolute atomic E-state index is 0.0856. The molecular weight excluding hydrogens is 448 g/mol. The number of allylic oxidation sites excluding steroid dienone is 1. The zero-order valence-electron chi connectivity index (χ0n) is 16.4. The van der Waals surface area contributed by atoms with Crippen LogP contribution < -0.4 is 5.32 Å². The fourth-order valence-corrected chi connectivity index (χ4v) is 3.63. The van der Waals surface area contributed by atoms with E-state index in [2.05, 4.69) is 51.8 Å². The largest absolute Gasteiger partial charge is 0.325 e. The van der Waals surface area contributed by atoms with Crippen molar-refractivity contribution < 1.29 is 4.79 Å². The smallest absolute Gasteiger partial charge is 0.234 e. The van der Waals surface area contributed by atoms with Gasteiger partial charge in [-0.2, -0.15) is 0 Å². The molecule has 0 unspecified atom stereocenters. The van der Waals surface area contributed by atoms with Crippen LogP contribution >= 0.6 is 27.7 Å². The number of halogens is 1. The van der Waals surface area contributed by atoms with E-state index in [4.69, 9.17) is 0 Å². The summed E-state index contributed by atoms with van der Waals surface area (Å²) in [6.07, 6.45) is 1.78. The van der Waals surface area contributed by atoms with E-state index in [0.29, 0.717) is 17.6 Å². The van der Waals surface area contributed by atoms with Gasteiger partial charge in [0, 0.05) is 15.7 Å². The number of amides is 1. The number of nitrogens with zero attached hydrogens (tertiary/aromatic N) is 3. The zero-order chi connectivity index (χ0) is 20.8. The third kappa shape index (κ3) is 5.81. The molecule has 0 aliphatic heterocycles. The normalized spacial score (nSPS) is 10.9. The van der Waals surface area contributed by atoms with Gasteiger partial charge in [-0.1, -0.05) is 71.9 Å². The minimum Gasteiger partial charge on any atom is -0.325 e. The van der Waals surface area contributed by atoms with Crippen LogP contribution in [0, 0.1) is 0 Å². The van der Waals surface area contributed by atoms with E-state index in [9.17, 15) is 4.79 Å². The Morgan fingerprint density at radius 3 is 2.52 bits per heavy atom. The summed E-state index contributed by atoms with van der Waals surface area (Å²) in [5.41, 5.74) is 3.00. The van der Waals surface area contributed by atoms with Gasteiger partial charge in [-0.25, -0.2) is 9.67 Å². The molecule has 2 aromatic carbocycles. The summed E-state index contributed by atoms with van der Waals surface area (Å²) in [6.45, 7) is 8.62. The van der Waals surface area contributed by atoms with Crippen LogP contribution in [0.2, 0.25) is 0 Å². The van der Waals surface area contributed by atoms with Crippen molar-refractivity contribution in [3.63, 3.8) is 0 Å². The second-order valence-corrected chi connectivity index (χ2v) is 8.67. The molecule has 3 aromatic rings. The molecule has 1 aromatic heterocycles. The number of hydrogen-bond acceptors (Lipinski definition) is 4. The summed E-state index contributed by atoms with van der Waals surface area (Å²) in [5, 5.41) is 8.00. The molecule has 0 saturated carbocycles. The van der Waals surface area contributed by atoms with Crippen LogP contribution in [-0.2, 0) is 11.3 Å². The van der Waals surface area contributed by atoms with E-state index in [1.807, 2.05) is 48.5 Å². The molecule has 29 heavy (non-hydrogen) atoms. The Kier molecular flexibility index (Phi) is 7.28. The van der Waals surface area contributed by atoms with Crippen LogP contribution in [0.3, 0.4) is 0 Å². The van der Waals surface area contributed by atoms with Crippen molar-refractivity contribution in [2.24, 2.45) is 0 Å². The number of carbonyl (C=O) groups excluding carboxylic acids is 1. The number of carbonyl (C=O) groups is 1. The zero-order valence-corrected chi connectivity index (χ0v) is 18.8. The van der Waals surface area contributed by atoms with E-state index in [1.54, 1.807) is 10.8 Å². The van der Waals surface area contributed by atoms with Gasteiger partial charge < -0.3 is 5.32 Å². The lowest BCUT2D eigenvalue weighted by Gasteiger charge is -2.08. The third-order valence-corrected chi connectivity index (χ3v) is 5.62. The first-order chi connectivity index (χ1) is 14.0. The molecule has 3 rings (SSSR count). The van der Waals surface area contributed by atoms with Gasteiger partial charge in [0.15, 0.2) is 5.82 Å². The Morgan fingerprint density at radius 2 is 1.90 bits per heavy atom. The van der Waals surface area contributed by atoms with Gasteiger partial charge in [-0.3, -0.25) is 4.79 Å². The number of anilines is 1. The molecule has 150 valence electrons. The molecular formula is C22H23BrN4OS. The van der Waals surface area contributed by atoms with E-state index < -0.39 is 0 Å².